The second kappa shape index (κ2) is 1.88. The summed E-state index contributed by atoms with van der Waals surface area (Å²) in [6, 6.07) is 0. The van der Waals surface area contributed by atoms with Crippen LogP contribution in [0.2, 0.25) is 0 Å². The van der Waals surface area contributed by atoms with E-state index in [1.54, 1.807) is 0 Å². The molecule has 4 unspecified atom stereocenters. The predicted molar refractivity (Wildman–Crippen MR) is 45.0 cm³/mol. The van der Waals surface area contributed by atoms with E-state index in [2.05, 4.69) is 13.8 Å². The van der Waals surface area contributed by atoms with Crippen LogP contribution >= 0.6 is 0 Å². The second-order valence-electron chi connectivity index (χ2n) is 4.99. The Morgan fingerprint density at radius 1 is 1.25 bits per heavy atom. The van der Waals surface area contributed by atoms with Gasteiger partial charge < -0.3 is 9.47 Å². The van der Waals surface area contributed by atoms with E-state index >= 15 is 0 Å². The Labute approximate surface area is 73.2 Å². The van der Waals surface area contributed by atoms with Gasteiger partial charge in [0.1, 0.15) is 0 Å². The van der Waals surface area contributed by atoms with Crippen molar-refractivity contribution < 1.29 is 9.47 Å². The topological polar surface area (TPSA) is 25.1 Å². The number of rotatable bonds is 1. The van der Waals surface area contributed by atoms with Gasteiger partial charge in [-0.3, -0.25) is 0 Å². The lowest BCUT2D eigenvalue weighted by Crippen LogP contribution is -2.37. The van der Waals surface area contributed by atoms with Gasteiger partial charge in [0.05, 0.1) is 24.4 Å². The van der Waals surface area contributed by atoms with E-state index in [1.165, 1.54) is 19.3 Å². The zero-order chi connectivity index (χ0) is 8.40. The molecule has 0 aromatic rings. The fourth-order valence-electron chi connectivity index (χ4n) is 2.97. The monoisotopic (exact) mass is 168 g/mol. The lowest BCUT2D eigenvalue weighted by molar-refractivity contribution is 0.145. The highest BCUT2D eigenvalue weighted by Crippen LogP contribution is 2.59. The molecule has 0 amide bonds. The smallest absolute Gasteiger partial charge is 0.0949 e. The van der Waals surface area contributed by atoms with Crippen molar-refractivity contribution >= 4 is 0 Å². The summed E-state index contributed by atoms with van der Waals surface area (Å²) in [5.41, 5.74) is 0.561. The van der Waals surface area contributed by atoms with Crippen LogP contribution in [0.1, 0.15) is 33.1 Å². The molecule has 2 nitrogen and oxygen atoms in total. The van der Waals surface area contributed by atoms with Crippen LogP contribution in [0.5, 0.6) is 0 Å². The Morgan fingerprint density at radius 3 is 2.67 bits per heavy atom. The Kier molecular flexibility index (Phi) is 1.15. The molecule has 2 aliphatic heterocycles. The minimum absolute atomic E-state index is 0.221. The minimum Gasteiger partial charge on any atom is -0.372 e. The van der Waals surface area contributed by atoms with E-state index in [0.29, 0.717) is 17.6 Å². The van der Waals surface area contributed by atoms with Crippen LogP contribution in [0.15, 0.2) is 0 Å². The summed E-state index contributed by atoms with van der Waals surface area (Å²) in [6.45, 7) is 5.55. The van der Waals surface area contributed by atoms with Crippen LogP contribution in [0, 0.1) is 5.41 Å². The van der Waals surface area contributed by atoms with Crippen molar-refractivity contribution in [3.63, 3.8) is 0 Å². The highest BCUT2D eigenvalue weighted by atomic mass is 16.6. The van der Waals surface area contributed by atoms with Crippen molar-refractivity contribution in [1.82, 2.24) is 0 Å². The maximum atomic E-state index is 5.80. The molecule has 2 heterocycles. The molecule has 3 aliphatic rings. The van der Waals surface area contributed by atoms with Crippen molar-refractivity contribution in [3.8, 4) is 0 Å². The molecular formula is C10H16O2. The molecular weight excluding hydrogens is 152 g/mol. The molecule has 2 heteroatoms. The zero-order valence-electron chi connectivity index (χ0n) is 7.80. The van der Waals surface area contributed by atoms with Gasteiger partial charge in [0.25, 0.3) is 0 Å². The van der Waals surface area contributed by atoms with Crippen molar-refractivity contribution in [2.75, 3.05) is 6.61 Å². The van der Waals surface area contributed by atoms with E-state index in [9.17, 15) is 0 Å². The molecule has 0 bridgehead atoms. The Bertz CT molecular complexity index is 224. The molecule has 3 rings (SSSR count). The van der Waals surface area contributed by atoms with E-state index in [4.69, 9.17) is 9.47 Å². The summed E-state index contributed by atoms with van der Waals surface area (Å²) < 4.78 is 11.2. The highest BCUT2D eigenvalue weighted by Gasteiger charge is 2.67. The van der Waals surface area contributed by atoms with E-state index in [0.717, 1.165) is 6.61 Å². The highest BCUT2D eigenvalue weighted by molar-refractivity contribution is 5.14. The normalized spacial score (nSPS) is 62.5. The SMILES string of the molecule is CC12CCCC(C)(C3CO3)C1O2. The van der Waals surface area contributed by atoms with E-state index in [-0.39, 0.29) is 5.60 Å². The third kappa shape index (κ3) is 0.775. The standard InChI is InChI=1S/C10H16O2/c1-9(7-6-11-7)4-3-5-10(2)8(9)12-10/h7-8H,3-6H2,1-2H3. The third-order valence-corrected chi connectivity index (χ3v) is 3.94. The van der Waals surface area contributed by atoms with Crippen molar-refractivity contribution in [2.24, 2.45) is 5.41 Å². The molecule has 0 aromatic heterocycles. The maximum Gasteiger partial charge on any atom is 0.0949 e. The van der Waals surface area contributed by atoms with Gasteiger partial charge in [0, 0.05) is 5.41 Å². The average Bonchev–Trinajstić information content (AvgIpc) is 2.76. The van der Waals surface area contributed by atoms with E-state index < -0.39 is 0 Å². The van der Waals surface area contributed by atoms with Crippen molar-refractivity contribution in [3.05, 3.63) is 0 Å². The lowest BCUT2D eigenvalue weighted by atomic mass is 9.69. The second-order valence-corrected chi connectivity index (χ2v) is 4.99. The lowest BCUT2D eigenvalue weighted by Gasteiger charge is -2.31. The minimum atomic E-state index is 0.221. The number of ether oxygens (including phenoxy) is 2. The Hall–Kier alpha value is -0.0800. The van der Waals surface area contributed by atoms with E-state index in [1.807, 2.05) is 0 Å². The maximum absolute atomic E-state index is 5.80. The summed E-state index contributed by atoms with van der Waals surface area (Å²) in [5, 5.41) is 0. The fraction of sp³-hybridized carbons (Fsp3) is 1.00. The van der Waals surface area contributed by atoms with Crippen molar-refractivity contribution in [2.45, 2.75) is 50.9 Å². The summed E-state index contributed by atoms with van der Waals surface area (Å²) in [4.78, 5) is 0. The summed E-state index contributed by atoms with van der Waals surface area (Å²) in [7, 11) is 0. The first-order valence-electron chi connectivity index (χ1n) is 4.95. The molecule has 0 radical (unpaired) electrons. The Morgan fingerprint density at radius 2 is 2.00 bits per heavy atom. The molecule has 68 valence electrons. The first kappa shape index (κ1) is 7.34. The summed E-state index contributed by atoms with van der Waals surface area (Å²) in [6.07, 6.45) is 4.84. The first-order valence-corrected chi connectivity index (χ1v) is 4.95. The molecule has 12 heavy (non-hydrogen) atoms. The molecule has 1 saturated carbocycles. The molecule has 0 spiro atoms. The molecule has 4 atom stereocenters. The van der Waals surface area contributed by atoms with Crippen LogP contribution in [-0.2, 0) is 9.47 Å². The van der Waals surface area contributed by atoms with Gasteiger partial charge in [0.2, 0.25) is 0 Å². The average molecular weight is 168 g/mol. The number of fused-ring (bicyclic) bond motifs is 1. The molecule has 0 N–H and O–H groups in total. The molecule has 1 aliphatic carbocycles. The van der Waals surface area contributed by atoms with Gasteiger partial charge in [-0.1, -0.05) is 6.92 Å². The number of hydrogen-bond donors (Lipinski definition) is 0. The predicted octanol–water partition coefficient (Wildman–Crippen LogP) is 1.73. The van der Waals surface area contributed by atoms with Gasteiger partial charge in [-0.25, -0.2) is 0 Å². The third-order valence-electron chi connectivity index (χ3n) is 3.94. The largest absolute Gasteiger partial charge is 0.372 e. The van der Waals surface area contributed by atoms with Gasteiger partial charge in [-0.15, -0.1) is 0 Å². The Balaban J connectivity index is 1.86. The van der Waals surface area contributed by atoms with Crippen LogP contribution in [0.3, 0.4) is 0 Å². The fourth-order valence-corrected chi connectivity index (χ4v) is 2.97. The first-order chi connectivity index (χ1) is 5.65. The number of hydrogen-bond acceptors (Lipinski definition) is 2. The van der Waals surface area contributed by atoms with Gasteiger partial charge in [-0.05, 0) is 26.2 Å². The summed E-state index contributed by atoms with van der Waals surface area (Å²) in [5.74, 6) is 0. The summed E-state index contributed by atoms with van der Waals surface area (Å²) >= 11 is 0. The van der Waals surface area contributed by atoms with Crippen LogP contribution in [0.4, 0.5) is 0 Å². The van der Waals surface area contributed by atoms with Crippen LogP contribution in [0.25, 0.3) is 0 Å². The van der Waals surface area contributed by atoms with Crippen molar-refractivity contribution in [1.29, 1.82) is 0 Å². The molecule has 0 aromatic carbocycles. The zero-order valence-corrected chi connectivity index (χ0v) is 7.80. The quantitative estimate of drug-likeness (QED) is 0.557. The van der Waals surface area contributed by atoms with Gasteiger partial charge in [-0.2, -0.15) is 0 Å². The molecule has 3 fully saturated rings. The van der Waals surface area contributed by atoms with Gasteiger partial charge >= 0.3 is 0 Å². The molecule has 2 saturated heterocycles. The van der Waals surface area contributed by atoms with Crippen LogP contribution < -0.4 is 0 Å². The number of epoxide rings is 2. The van der Waals surface area contributed by atoms with Gasteiger partial charge in [0.15, 0.2) is 0 Å². The van der Waals surface area contributed by atoms with Crippen LogP contribution in [-0.4, -0.2) is 24.4 Å².